The van der Waals surface area contributed by atoms with E-state index in [0.717, 1.165) is 56.1 Å². The highest BCUT2D eigenvalue weighted by atomic mass is 19.1. The first-order valence-electron chi connectivity index (χ1n) is 17.1. The normalized spacial score (nSPS) is 39.0. The summed E-state index contributed by atoms with van der Waals surface area (Å²) in [7, 11) is 0. The molecule has 1 aromatic carbocycles. The molecule has 0 amide bonds. The lowest BCUT2D eigenvalue weighted by molar-refractivity contribution is -0.191. The third-order valence-corrected chi connectivity index (χ3v) is 13.3. The van der Waals surface area contributed by atoms with E-state index in [0.29, 0.717) is 30.1 Å². The number of rotatable bonds is 6. The van der Waals surface area contributed by atoms with Crippen molar-refractivity contribution in [1.29, 1.82) is 0 Å². The number of hydrogen-bond acceptors (Lipinski definition) is 6. The van der Waals surface area contributed by atoms with E-state index in [-0.39, 0.29) is 58.3 Å². The van der Waals surface area contributed by atoms with Crippen LogP contribution in [0.2, 0.25) is 0 Å². The van der Waals surface area contributed by atoms with Gasteiger partial charge in [0, 0.05) is 18.9 Å². The molecule has 6 rings (SSSR count). The number of Topliss-reactive ketones (excluding diaryl/α,β-unsaturated/α-hetero) is 2. The monoisotopic (exact) mass is 620 g/mol. The summed E-state index contributed by atoms with van der Waals surface area (Å²) >= 11 is 0. The van der Waals surface area contributed by atoms with Gasteiger partial charge in [-0.2, -0.15) is 0 Å². The molecule has 0 saturated heterocycles. The first kappa shape index (κ1) is 32.1. The lowest BCUT2D eigenvalue weighted by Crippen LogP contribution is -2.61. The van der Waals surface area contributed by atoms with Gasteiger partial charge < -0.3 is 9.47 Å². The van der Waals surface area contributed by atoms with Gasteiger partial charge in [-0.1, -0.05) is 34.6 Å². The average molecular weight is 621 g/mol. The van der Waals surface area contributed by atoms with E-state index >= 15 is 0 Å². The van der Waals surface area contributed by atoms with Crippen molar-refractivity contribution >= 4 is 23.5 Å². The molecule has 5 aliphatic carbocycles. The second-order valence-electron chi connectivity index (χ2n) is 15.8. The Morgan fingerprint density at radius 3 is 2.24 bits per heavy atom. The molecule has 0 bridgehead atoms. The predicted octanol–water partition coefficient (Wildman–Crippen LogP) is 7.68. The Balaban J connectivity index is 1.28. The van der Waals surface area contributed by atoms with Crippen molar-refractivity contribution in [2.24, 2.45) is 51.8 Å². The maximum absolute atomic E-state index is 14.1. The van der Waals surface area contributed by atoms with Crippen molar-refractivity contribution in [1.82, 2.24) is 0 Å². The molecule has 0 aromatic heterocycles. The van der Waals surface area contributed by atoms with Crippen LogP contribution in [-0.4, -0.2) is 36.2 Å². The lowest BCUT2D eigenvalue weighted by atomic mass is 9.38. The van der Waals surface area contributed by atoms with Crippen molar-refractivity contribution in [3.05, 3.63) is 46.8 Å². The van der Waals surface area contributed by atoms with E-state index in [2.05, 4.69) is 20.8 Å². The largest absolute Gasteiger partial charge is 0.462 e. The van der Waals surface area contributed by atoms with Crippen molar-refractivity contribution in [2.45, 2.75) is 105 Å². The summed E-state index contributed by atoms with van der Waals surface area (Å²) in [6.45, 7) is 12.4. The van der Waals surface area contributed by atoms with Gasteiger partial charge >= 0.3 is 11.9 Å². The van der Waals surface area contributed by atoms with Crippen molar-refractivity contribution < 1.29 is 33.0 Å². The Kier molecular flexibility index (Phi) is 8.17. The van der Waals surface area contributed by atoms with Crippen LogP contribution in [0.5, 0.6) is 0 Å². The maximum atomic E-state index is 14.1. The summed E-state index contributed by atoms with van der Waals surface area (Å²) in [5, 5.41) is 0. The first-order chi connectivity index (χ1) is 21.2. The van der Waals surface area contributed by atoms with Crippen molar-refractivity contribution in [3.63, 3.8) is 0 Å². The topological polar surface area (TPSA) is 86.7 Å². The minimum Gasteiger partial charge on any atom is -0.462 e. The summed E-state index contributed by atoms with van der Waals surface area (Å²) in [6, 6.07) is 5.23. The first-order valence-corrected chi connectivity index (χ1v) is 17.1. The van der Waals surface area contributed by atoms with Gasteiger partial charge in [-0.15, -0.1) is 0 Å². The molecule has 0 heterocycles. The van der Waals surface area contributed by atoms with Crippen LogP contribution < -0.4 is 0 Å². The number of hydrogen-bond donors (Lipinski definition) is 0. The van der Waals surface area contributed by atoms with Gasteiger partial charge in [0.25, 0.3) is 0 Å². The SMILES string of the molecule is CC(=O)OC1CCC2(C)C(CCC3(C)C4CCC5(C(=O)OCC(=O)c6ccc(F)cc6)CC(=O)C(C(C)C)=C5C4CCC32)C1C. The van der Waals surface area contributed by atoms with Crippen molar-refractivity contribution in [2.75, 3.05) is 6.61 Å². The van der Waals surface area contributed by atoms with Crippen LogP contribution in [-0.2, 0) is 23.9 Å². The van der Waals surface area contributed by atoms with Crippen LogP contribution in [0, 0.1) is 57.6 Å². The summed E-state index contributed by atoms with van der Waals surface area (Å²) < 4.78 is 24.9. The minimum absolute atomic E-state index is 0.00189. The summed E-state index contributed by atoms with van der Waals surface area (Å²) in [5.41, 5.74) is 1.33. The van der Waals surface area contributed by atoms with Crippen LogP contribution in [0.15, 0.2) is 35.4 Å². The van der Waals surface area contributed by atoms with E-state index in [9.17, 15) is 23.6 Å². The fourth-order valence-corrected chi connectivity index (χ4v) is 11.5. The fraction of sp³-hybridized carbons (Fsp3) is 0.684. The van der Waals surface area contributed by atoms with Gasteiger partial charge in [0.05, 0.1) is 5.41 Å². The summed E-state index contributed by atoms with van der Waals surface area (Å²) in [5.74, 6) is 0.421. The molecule has 1 aromatic rings. The Labute approximate surface area is 266 Å². The van der Waals surface area contributed by atoms with Crippen molar-refractivity contribution in [3.8, 4) is 0 Å². The molecule has 45 heavy (non-hydrogen) atoms. The number of allylic oxidation sites excluding steroid dienone is 1. The van der Waals surface area contributed by atoms with Gasteiger partial charge in [0.15, 0.2) is 18.2 Å². The molecule has 4 saturated carbocycles. The van der Waals surface area contributed by atoms with E-state index in [1.165, 1.54) is 31.2 Å². The number of carbonyl (C=O) groups excluding carboxylic acids is 4. The second kappa shape index (κ2) is 11.5. The molecule has 6 nitrogen and oxygen atoms in total. The molecule has 0 aliphatic heterocycles. The lowest BCUT2D eigenvalue weighted by Gasteiger charge is -2.67. The Hall–Kier alpha value is -2.83. The highest BCUT2D eigenvalue weighted by molar-refractivity contribution is 6.06. The van der Waals surface area contributed by atoms with Crippen LogP contribution in [0.25, 0.3) is 0 Å². The molecular weight excluding hydrogens is 571 g/mol. The molecule has 0 spiro atoms. The van der Waals surface area contributed by atoms with Gasteiger partial charge in [-0.25, -0.2) is 4.39 Å². The zero-order valence-electron chi connectivity index (χ0n) is 27.7. The Morgan fingerprint density at radius 1 is 0.933 bits per heavy atom. The van der Waals surface area contributed by atoms with E-state index in [1.54, 1.807) is 0 Å². The highest BCUT2D eigenvalue weighted by Crippen LogP contribution is 2.71. The molecule has 9 atom stereocenters. The molecule has 244 valence electrons. The summed E-state index contributed by atoms with van der Waals surface area (Å²) in [4.78, 5) is 52.4. The molecule has 0 radical (unpaired) electrons. The number of ketones is 2. The highest BCUT2D eigenvalue weighted by Gasteiger charge is 2.66. The molecule has 0 N–H and O–H groups in total. The third-order valence-electron chi connectivity index (χ3n) is 13.3. The number of halogens is 1. The number of esters is 2. The predicted molar refractivity (Wildman–Crippen MR) is 167 cm³/mol. The molecule has 4 fully saturated rings. The number of benzene rings is 1. The zero-order chi connectivity index (χ0) is 32.5. The number of ether oxygens (including phenoxy) is 2. The average Bonchev–Trinajstić information content (AvgIpc) is 3.31. The van der Waals surface area contributed by atoms with Gasteiger partial charge in [-0.05, 0) is 133 Å². The van der Waals surface area contributed by atoms with Crippen LogP contribution in [0.1, 0.15) is 110 Å². The molecular formula is C38H49FO6. The van der Waals surface area contributed by atoms with Gasteiger partial charge in [0.1, 0.15) is 11.9 Å². The van der Waals surface area contributed by atoms with E-state index in [1.807, 2.05) is 13.8 Å². The van der Waals surface area contributed by atoms with Crippen LogP contribution in [0.4, 0.5) is 4.39 Å². The molecule has 9 unspecified atom stereocenters. The second-order valence-corrected chi connectivity index (χ2v) is 15.8. The quantitative estimate of drug-likeness (QED) is 0.240. The smallest absolute Gasteiger partial charge is 0.317 e. The summed E-state index contributed by atoms with van der Waals surface area (Å²) in [6.07, 6.45) is 7.65. The van der Waals surface area contributed by atoms with Gasteiger partial charge in [-0.3, -0.25) is 19.2 Å². The Bertz CT molecular complexity index is 1430. The van der Waals surface area contributed by atoms with Crippen LogP contribution >= 0.6 is 0 Å². The Morgan fingerprint density at radius 2 is 1.58 bits per heavy atom. The van der Waals surface area contributed by atoms with E-state index in [4.69, 9.17) is 9.47 Å². The van der Waals surface area contributed by atoms with Crippen LogP contribution in [0.3, 0.4) is 0 Å². The van der Waals surface area contributed by atoms with E-state index < -0.39 is 23.8 Å². The molecule has 7 heteroatoms. The maximum Gasteiger partial charge on any atom is 0.317 e. The van der Waals surface area contributed by atoms with Gasteiger partial charge in [0.2, 0.25) is 0 Å². The molecule has 5 aliphatic rings. The third kappa shape index (κ3) is 5.02. The zero-order valence-corrected chi connectivity index (χ0v) is 27.7. The minimum atomic E-state index is -1.01. The standard InChI is InChI=1S/C38H49FO6/c1-21(2)33-29(41)19-38(35(43)44-20-30(42)24-7-9-25(39)10-8-24)18-14-28-26(34(33)38)11-12-32-36(5)17-15-31(45-23(4)40)22(3)27(36)13-16-37(28,32)6/h7-10,21-22,26-28,31-32H,11-20H2,1-6H3. The fourth-order valence-electron chi connectivity index (χ4n) is 11.5. The number of fused-ring (bicyclic) bond motifs is 7. The number of carbonyl (C=O) groups is 4.